The van der Waals surface area contributed by atoms with Crippen LogP contribution in [0.25, 0.3) is 0 Å². The fourth-order valence-electron chi connectivity index (χ4n) is 2.00. The zero-order valence-electron chi connectivity index (χ0n) is 11.7. The fraction of sp³-hybridized carbons (Fsp3) is 0.200. The highest BCUT2D eigenvalue weighted by molar-refractivity contribution is 6.30. The van der Waals surface area contributed by atoms with Gasteiger partial charge in [0.25, 0.3) is 0 Å². The van der Waals surface area contributed by atoms with Gasteiger partial charge in [-0.15, -0.1) is 0 Å². The van der Waals surface area contributed by atoms with E-state index in [2.05, 4.69) is 5.32 Å². The van der Waals surface area contributed by atoms with Gasteiger partial charge in [0.2, 0.25) is 0 Å². The molecule has 1 atom stereocenters. The number of anilines is 1. The van der Waals surface area contributed by atoms with E-state index in [1.165, 1.54) is 13.2 Å². The lowest BCUT2D eigenvalue weighted by atomic mass is 10.1. The number of hydrogen-bond donors (Lipinski definition) is 1. The van der Waals surface area contributed by atoms with Gasteiger partial charge in [-0.25, -0.2) is 0 Å². The minimum atomic E-state index is -0.467. The van der Waals surface area contributed by atoms with Crippen molar-refractivity contribution in [3.8, 4) is 5.75 Å². The van der Waals surface area contributed by atoms with Gasteiger partial charge in [-0.1, -0.05) is 23.7 Å². The van der Waals surface area contributed by atoms with Gasteiger partial charge >= 0.3 is 5.69 Å². The monoisotopic (exact) mass is 306 g/mol. The molecule has 0 bridgehead atoms. The zero-order chi connectivity index (χ0) is 15.4. The predicted molar refractivity (Wildman–Crippen MR) is 83.1 cm³/mol. The van der Waals surface area contributed by atoms with Crippen molar-refractivity contribution in [2.24, 2.45) is 0 Å². The first kappa shape index (κ1) is 15.1. The fourth-order valence-corrected chi connectivity index (χ4v) is 2.13. The number of nitrogens with zero attached hydrogens (tertiary/aromatic N) is 1. The Morgan fingerprint density at radius 1 is 1.24 bits per heavy atom. The quantitative estimate of drug-likeness (QED) is 0.655. The maximum Gasteiger partial charge on any atom is 0.311 e. The molecule has 1 unspecified atom stereocenters. The molecule has 0 saturated carbocycles. The van der Waals surface area contributed by atoms with E-state index in [-0.39, 0.29) is 17.5 Å². The van der Waals surface area contributed by atoms with Crippen LogP contribution < -0.4 is 10.1 Å². The van der Waals surface area contributed by atoms with Gasteiger partial charge < -0.3 is 10.1 Å². The second-order valence-electron chi connectivity index (χ2n) is 4.56. The average molecular weight is 307 g/mol. The Bertz CT molecular complexity index is 644. The Morgan fingerprint density at radius 3 is 2.48 bits per heavy atom. The molecule has 0 aliphatic heterocycles. The van der Waals surface area contributed by atoms with E-state index in [1.54, 1.807) is 12.1 Å². The summed E-state index contributed by atoms with van der Waals surface area (Å²) in [6, 6.07) is 12.3. The second-order valence-corrected chi connectivity index (χ2v) is 5.00. The molecule has 0 aliphatic carbocycles. The Hall–Kier alpha value is -2.27. The minimum absolute atomic E-state index is 0.0356. The Morgan fingerprint density at radius 2 is 1.90 bits per heavy atom. The van der Waals surface area contributed by atoms with Crippen molar-refractivity contribution in [3.63, 3.8) is 0 Å². The first-order valence-electron chi connectivity index (χ1n) is 6.35. The van der Waals surface area contributed by atoms with Crippen LogP contribution in [0.3, 0.4) is 0 Å². The van der Waals surface area contributed by atoms with Crippen LogP contribution in [-0.2, 0) is 0 Å². The van der Waals surface area contributed by atoms with Crippen molar-refractivity contribution >= 4 is 23.0 Å². The van der Waals surface area contributed by atoms with Gasteiger partial charge in [0.15, 0.2) is 5.75 Å². The molecule has 21 heavy (non-hydrogen) atoms. The molecule has 0 aromatic heterocycles. The molecular formula is C15H15ClN2O3. The third-order valence-corrected chi connectivity index (χ3v) is 3.38. The summed E-state index contributed by atoms with van der Waals surface area (Å²) in [5, 5.41) is 14.8. The summed E-state index contributed by atoms with van der Waals surface area (Å²) in [7, 11) is 1.41. The van der Waals surface area contributed by atoms with E-state index in [9.17, 15) is 10.1 Å². The van der Waals surface area contributed by atoms with E-state index in [1.807, 2.05) is 31.2 Å². The first-order valence-corrected chi connectivity index (χ1v) is 6.73. The van der Waals surface area contributed by atoms with Crippen LogP contribution in [0.1, 0.15) is 18.5 Å². The van der Waals surface area contributed by atoms with Gasteiger partial charge in [0, 0.05) is 28.9 Å². The molecule has 0 heterocycles. The number of rotatable bonds is 5. The van der Waals surface area contributed by atoms with Crippen molar-refractivity contribution in [2.45, 2.75) is 13.0 Å². The van der Waals surface area contributed by atoms with Gasteiger partial charge in [0.05, 0.1) is 12.0 Å². The number of benzene rings is 2. The van der Waals surface area contributed by atoms with Gasteiger partial charge in [-0.05, 0) is 30.7 Å². The molecule has 0 saturated heterocycles. The smallest absolute Gasteiger partial charge is 0.311 e. The van der Waals surface area contributed by atoms with Crippen LogP contribution in [0, 0.1) is 10.1 Å². The highest BCUT2D eigenvalue weighted by atomic mass is 35.5. The molecule has 0 fully saturated rings. The van der Waals surface area contributed by atoms with Crippen LogP contribution in [0.4, 0.5) is 11.4 Å². The Labute approximate surface area is 127 Å². The molecule has 0 spiro atoms. The van der Waals surface area contributed by atoms with Crippen LogP contribution in [0.15, 0.2) is 42.5 Å². The molecular weight excluding hydrogens is 292 g/mol. The zero-order valence-corrected chi connectivity index (χ0v) is 12.4. The number of nitro benzene ring substituents is 1. The molecule has 1 N–H and O–H groups in total. The molecule has 5 nitrogen and oxygen atoms in total. The second kappa shape index (κ2) is 6.45. The lowest BCUT2D eigenvalue weighted by Crippen LogP contribution is -2.06. The third-order valence-electron chi connectivity index (χ3n) is 3.13. The summed E-state index contributed by atoms with van der Waals surface area (Å²) in [5.41, 5.74) is 1.76. The SMILES string of the molecule is COc1cc(NC(C)c2ccc(Cl)cc2)ccc1[N+](=O)[O-]. The first-order chi connectivity index (χ1) is 10.0. The van der Waals surface area contributed by atoms with E-state index in [0.717, 1.165) is 11.3 Å². The lowest BCUT2D eigenvalue weighted by molar-refractivity contribution is -0.385. The summed E-state index contributed by atoms with van der Waals surface area (Å²) >= 11 is 5.86. The summed E-state index contributed by atoms with van der Waals surface area (Å²) in [4.78, 5) is 10.4. The lowest BCUT2D eigenvalue weighted by Gasteiger charge is -2.16. The van der Waals surface area contributed by atoms with Crippen molar-refractivity contribution in [1.82, 2.24) is 0 Å². The van der Waals surface area contributed by atoms with Crippen molar-refractivity contribution in [3.05, 3.63) is 63.2 Å². The van der Waals surface area contributed by atoms with Gasteiger partial charge in [0.1, 0.15) is 0 Å². The van der Waals surface area contributed by atoms with Crippen LogP contribution in [-0.4, -0.2) is 12.0 Å². The maximum atomic E-state index is 10.9. The number of hydrogen-bond acceptors (Lipinski definition) is 4. The van der Waals surface area contributed by atoms with E-state index < -0.39 is 4.92 Å². The summed E-state index contributed by atoms with van der Waals surface area (Å²) in [5.74, 6) is 0.230. The number of nitrogens with one attached hydrogen (secondary N) is 1. The van der Waals surface area contributed by atoms with Gasteiger partial charge in [-0.2, -0.15) is 0 Å². The largest absolute Gasteiger partial charge is 0.490 e. The molecule has 110 valence electrons. The molecule has 0 radical (unpaired) electrons. The molecule has 0 amide bonds. The minimum Gasteiger partial charge on any atom is -0.490 e. The molecule has 6 heteroatoms. The molecule has 2 aromatic rings. The molecule has 2 rings (SSSR count). The van der Waals surface area contributed by atoms with Crippen LogP contribution >= 0.6 is 11.6 Å². The third kappa shape index (κ3) is 3.64. The predicted octanol–water partition coefficient (Wildman–Crippen LogP) is 4.43. The summed E-state index contributed by atoms with van der Waals surface area (Å²) in [6.07, 6.45) is 0. The van der Waals surface area contributed by atoms with Crippen molar-refractivity contribution in [1.29, 1.82) is 0 Å². The standard InChI is InChI=1S/C15H15ClN2O3/c1-10(11-3-5-12(16)6-4-11)17-13-7-8-14(18(19)20)15(9-13)21-2/h3-10,17H,1-2H3. The van der Waals surface area contributed by atoms with E-state index in [0.29, 0.717) is 5.02 Å². The van der Waals surface area contributed by atoms with E-state index >= 15 is 0 Å². The van der Waals surface area contributed by atoms with E-state index in [4.69, 9.17) is 16.3 Å². The summed E-state index contributed by atoms with van der Waals surface area (Å²) < 4.78 is 5.05. The van der Waals surface area contributed by atoms with Gasteiger partial charge in [-0.3, -0.25) is 10.1 Å². The van der Waals surface area contributed by atoms with Crippen molar-refractivity contribution < 1.29 is 9.66 Å². The molecule has 2 aromatic carbocycles. The summed E-state index contributed by atoms with van der Waals surface area (Å²) in [6.45, 7) is 2.00. The number of methoxy groups -OCH3 is 1. The highest BCUT2D eigenvalue weighted by Crippen LogP contribution is 2.31. The maximum absolute atomic E-state index is 10.9. The Kier molecular flexibility index (Phi) is 4.65. The average Bonchev–Trinajstić information content (AvgIpc) is 2.47. The number of nitro groups is 1. The number of ether oxygens (including phenoxy) is 1. The Balaban J connectivity index is 2.19. The van der Waals surface area contributed by atoms with Crippen LogP contribution in [0.5, 0.6) is 5.75 Å². The number of halogens is 1. The topological polar surface area (TPSA) is 64.4 Å². The van der Waals surface area contributed by atoms with Crippen LogP contribution in [0.2, 0.25) is 5.02 Å². The normalized spacial score (nSPS) is 11.8. The van der Waals surface area contributed by atoms with Crippen molar-refractivity contribution in [2.75, 3.05) is 12.4 Å². The highest BCUT2D eigenvalue weighted by Gasteiger charge is 2.15. The molecule has 0 aliphatic rings.